The van der Waals surface area contributed by atoms with Crippen molar-refractivity contribution in [3.8, 4) is 22.8 Å². The molecule has 1 fully saturated rings. The molecule has 1 saturated heterocycles. The number of hydrogen-bond acceptors (Lipinski definition) is 11. The topological polar surface area (TPSA) is 160 Å². The van der Waals surface area contributed by atoms with Gasteiger partial charge in [0.25, 0.3) is 0 Å². The van der Waals surface area contributed by atoms with Crippen molar-refractivity contribution in [2.75, 3.05) is 31.2 Å². The Labute approximate surface area is 256 Å². The van der Waals surface area contributed by atoms with E-state index in [-0.39, 0.29) is 0 Å². The van der Waals surface area contributed by atoms with Crippen molar-refractivity contribution in [1.82, 2.24) is 45.2 Å². The average molecular weight is 637 g/mol. The first kappa shape index (κ1) is 29.9. The molecule has 0 unspecified atom stereocenters. The van der Waals surface area contributed by atoms with Crippen LogP contribution in [0.1, 0.15) is 5.69 Å². The Bertz CT molecular complexity index is 1930. The van der Waals surface area contributed by atoms with E-state index in [1.165, 1.54) is 0 Å². The summed E-state index contributed by atoms with van der Waals surface area (Å²) in [6.45, 7) is 3.02. The lowest BCUT2D eigenvalue weighted by Crippen LogP contribution is -2.36. The second-order valence-electron chi connectivity index (χ2n) is 9.57. The standard InChI is InChI=1S/C26H22N10OS.C2HF3O2/c1-2-4-19-17(3-1)6-8-23(29-19)38-16-21-24(18-5-7-20(27-15-18)25-31-33-34-32-25)36-26(30-21)22(9-10-28-36)35-11-13-37-14-12-35;3-2(4,5)1(6)7/h1-10,15H,11-14,16H2,(H,31,32,33,34);(H,6,7). The first-order chi connectivity index (χ1) is 21.8. The van der Waals surface area contributed by atoms with E-state index >= 15 is 0 Å². The van der Waals surface area contributed by atoms with Crippen LogP contribution in [0.25, 0.3) is 39.3 Å². The van der Waals surface area contributed by atoms with Crippen LogP contribution >= 0.6 is 11.8 Å². The van der Waals surface area contributed by atoms with Crippen LogP contribution in [-0.2, 0) is 15.3 Å². The fourth-order valence-electron chi connectivity index (χ4n) is 4.63. The van der Waals surface area contributed by atoms with Gasteiger partial charge in [0.1, 0.15) is 5.69 Å². The molecule has 0 aliphatic carbocycles. The number of pyridine rings is 2. The predicted molar refractivity (Wildman–Crippen MR) is 157 cm³/mol. The summed E-state index contributed by atoms with van der Waals surface area (Å²) >= 11 is 1.65. The molecule has 6 aromatic rings. The Balaban J connectivity index is 0.000000460. The van der Waals surface area contributed by atoms with Crippen LogP contribution in [0.4, 0.5) is 18.9 Å². The molecule has 7 rings (SSSR count). The number of halogens is 3. The van der Waals surface area contributed by atoms with Crippen molar-refractivity contribution in [2.24, 2.45) is 0 Å². The number of tetrazole rings is 1. The minimum atomic E-state index is -5.08. The molecule has 0 spiro atoms. The van der Waals surface area contributed by atoms with Crippen LogP contribution < -0.4 is 4.90 Å². The quantitative estimate of drug-likeness (QED) is 0.250. The number of fused-ring (bicyclic) bond motifs is 2. The number of para-hydroxylation sites is 1. The van der Waals surface area contributed by atoms with Gasteiger partial charge < -0.3 is 14.7 Å². The molecule has 13 nitrogen and oxygen atoms in total. The molecule has 45 heavy (non-hydrogen) atoms. The van der Waals surface area contributed by atoms with E-state index in [1.54, 1.807) is 11.8 Å². The van der Waals surface area contributed by atoms with Gasteiger partial charge in [-0.25, -0.2) is 24.4 Å². The number of aromatic nitrogens is 9. The number of imidazole rings is 1. The smallest absolute Gasteiger partial charge is 0.475 e. The number of carboxylic acid groups (broad SMARTS) is 1. The zero-order chi connectivity index (χ0) is 31.4. The summed E-state index contributed by atoms with van der Waals surface area (Å²) in [4.78, 5) is 25.8. The predicted octanol–water partition coefficient (Wildman–Crippen LogP) is 4.28. The number of alkyl halides is 3. The fraction of sp³-hybridized carbons (Fsp3) is 0.214. The molecular weight excluding hydrogens is 613 g/mol. The summed E-state index contributed by atoms with van der Waals surface area (Å²) in [6, 6.07) is 18.2. The van der Waals surface area contributed by atoms with Crippen LogP contribution in [0, 0.1) is 0 Å². The van der Waals surface area contributed by atoms with E-state index < -0.39 is 12.1 Å². The average Bonchev–Trinajstić information content (AvgIpc) is 3.73. The molecule has 0 saturated carbocycles. The Hall–Kier alpha value is -5.16. The zero-order valence-corrected chi connectivity index (χ0v) is 24.0. The highest BCUT2D eigenvalue weighted by Crippen LogP contribution is 2.33. The van der Waals surface area contributed by atoms with Gasteiger partial charge in [0.05, 0.1) is 47.0 Å². The number of rotatable bonds is 6. The third-order valence-electron chi connectivity index (χ3n) is 6.72. The fourth-order valence-corrected chi connectivity index (χ4v) is 5.44. The summed E-state index contributed by atoms with van der Waals surface area (Å²) < 4.78 is 39.2. The van der Waals surface area contributed by atoms with E-state index in [0.29, 0.717) is 30.5 Å². The number of thioether (sulfide) groups is 1. The van der Waals surface area contributed by atoms with Crippen LogP contribution in [0.5, 0.6) is 0 Å². The van der Waals surface area contributed by atoms with Crippen LogP contribution in [0.3, 0.4) is 0 Å². The number of nitrogens with one attached hydrogen (secondary N) is 1. The minimum Gasteiger partial charge on any atom is -0.475 e. The van der Waals surface area contributed by atoms with Gasteiger partial charge in [0.15, 0.2) is 11.5 Å². The molecule has 1 aromatic carbocycles. The lowest BCUT2D eigenvalue weighted by Gasteiger charge is -2.28. The van der Waals surface area contributed by atoms with Gasteiger partial charge in [-0.05, 0) is 40.8 Å². The molecule has 1 aliphatic rings. The van der Waals surface area contributed by atoms with E-state index in [0.717, 1.165) is 57.3 Å². The van der Waals surface area contributed by atoms with Gasteiger partial charge >= 0.3 is 12.1 Å². The number of carboxylic acids is 1. The first-order valence-electron chi connectivity index (χ1n) is 13.5. The lowest BCUT2D eigenvalue weighted by molar-refractivity contribution is -0.192. The highest BCUT2D eigenvalue weighted by atomic mass is 32.2. The minimum absolute atomic E-state index is 0.514. The van der Waals surface area contributed by atoms with Crippen molar-refractivity contribution in [1.29, 1.82) is 0 Å². The molecule has 0 atom stereocenters. The van der Waals surface area contributed by atoms with E-state index in [1.807, 2.05) is 53.3 Å². The Kier molecular flexibility index (Phi) is 8.52. The number of benzene rings is 1. The highest BCUT2D eigenvalue weighted by Gasteiger charge is 2.38. The number of aliphatic carboxylic acids is 1. The number of ether oxygens (including phenoxy) is 1. The van der Waals surface area contributed by atoms with Gasteiger partial charge in [0, 0.05) is 36.0 Å². The van der Waals surface area contributed by atoms with Gasteiger partial charge in [-0.2, -0.15) is 18.3 Å². The van der Waals surface area contributed by atoms with E-state index in [4.69, 9.17) is 29.7 Å². The van der Waals surface area contributed by atoms with Crippen LogP contribution in [-0.4, -0.2) is 88.7 Å². The third kappa shape index (κ3) is 6.68. The van der Waals surface area contributed by atoms with E-state index in [9.17, 15) is 13.2 Å². The summed E-state index contributed by atoms with van der Waals surface area (Å²) in [5.74, 6) is -1.62. The largest absolute Gasteiger partial charge is 0.490 e. The second kappa shape index (κ2) is 12.8. The summed E-state index contributed by atoms with van der Waals surface area (Å²) in [7, 11) is 0. The second-order valence-corrected chi connectivity index (χ2v) is 10.6. The molecular formula is C28H23F3N10O3S. The highest BCUT2D eigenvalue weighted by molar-refractivity contribution is 7.98. The number of carbonyl (C=O) groups is 1. The third-order valence-corrected chi connectivity index (χ3v) is 7.66. The molecule has 0 radical (unpaired) electrons. The number of H-pyrrole nitrogens is 1. The maximum Gasteiger partial charge on any atom is 0.490 e. The Morgan fingerprint density at radius 2 is 1.84 bits per heavy atom. The monoisotopic (exact) mass is 636 g/mol. The summed E-state index contributed by atoms with van der Waals surface area (Å²) in [6.07, 6.45) is -1.44. The number of anilines is 1. The van der Waals surface area contributed by atoms with Crippen LogP contribution in [0.2, 0.25) is 0 Å². The zero-order valence-electron chi connectivity index (χ0n) is 23.2. The molecule has 5 aromatic heterocycles. The number of morpholine rings is 1. The molecule has 2 N–H and O–H groups in total. The van der Waals surface area contributed by atoms with E-state index in [2.05, 4.69) is 48.7 Å². The van der Waals surface area contributed by atoms with Crippen molar-refractivity contribution >= 4 is 40.0 Å². The van der Waals surface area contributed by atoms with Crippen molar-refractivity contribution in [3.63, 3.8) is 0 Å². The molecule has 230 valence electrons. The SMILES string of the molecule is O=C(O)C(F)(F)F.c1ccc2nc(SCc3nc4c(N5CCOCC5)ccnn4c3-c3ccc(-c4nnn[nH]4)nc3)ccc2c1. The molecule has 17 heteroatoms. The van der Waals surface area contributed by atoms with Gasteiger partial charge in [0.2, 0.25) is 0 Å². The molecule has 0 amide bonds. The van der Waals surface area contributed by atoms with Gasteiger partial charge in [-0.1, -0.05) is 36.0 Å². The molecule has 1 aliphatic heterocycles. The molecule has 6 heterocycles. The van der Waals surface area contributed by atoms with Crippen molar-refractivity contribution in [2.45, 2.75) is 17.0 Å². The normalized spacial score (nSPS) is 13.5. The number of aromatic amines is 1. The first-order valence-corrected chi connectivity index (χ1v) is 14.4. The lowest BCUT2D eigenvalue weighted by atomic mass is 10.1. The maximum absolute atomic E-state index is 10.6. The number of hydrogen-bond donors (Lipinski definition) is 2. The summed E-state index contributed by atoms with van der Waals surface area (Å²) in [5, 5.41) is 27.9. The van der Waals surface area contributed by atoms with Gasteiger partial charge in [-0.15, -0.1) is 5.10 Å². The Morgan fingerprint density at radius 3 is 2.56 bits per heavy atom. The van der Waals surface area contributed by atoms with Gasteiger partial charge in [-0.3, -0.25) is 4.98 Å². The number of nitrogens with zero attached hydrogens (tertiary/aromatic N) is 9. The van der Waals surface area contributed by atoms with Crippen molar-refractivity contribution < 1.29 is 27.8 Å². The Morgan fingerprint density at radius 1 is 1.04 bits per heavy atom. The summed E-state index contributed by atoms with van der Waals surface area (Å²) in [5.41, 5.74) is 6.21. The maximum atomic E-state index is 10.6. The van der Waals surface area contributed by atoms with Crippen molar-refractivity contribution in [3.05, 3.63) is 72.7 Å². The molecule has 0 bridgehead atoms. The van der Waals surface area contributed by atoms with Crippen LogP contribution in [0.15, 0.2) is 72.0 Å².